The van der Waals surface area contributed by atoms with Crippen LogP contribution in [0.4, 0.5) is 0 Å². The molecule has 3 atom stereocenters. The smallest absolute Gasteiger partial charge is 0.0931 e. The molecular weight excluding hydrogens is 250 g/mol. The van der Waals surface area contributed by atoms with E-state index in [1.807, 2.05) is 6.07 Å². The zero-order valence-electron chi connectivity index (χ0n) is 10.7. The SMILES string of the molecule is CCNC(Cc1ccc(Cl)s1)C1CCCC1C. The number of thiophene rings is 1. The van der Waals surface area contributed by atoms with E-state index in [-0.39, 0.29) is 0 Å². The molecule has 1 saturated carbocycles. The molecule has 3 heteroatoms. The molecule has 3 unspecified atom stereocenters. The monoisotopic (exact) mass is 271 g/mol. The number of halogens is 1. The van der Waals surface area contributed by atoms with Crippen LogP contribution in [0.3, 0.4) is 0 Å². The molecule has 1 fully saturated rings. The predicted octanol–water partition coefficient (Wildman–Crippen LogP) is 4.36. The fraction of sp³-hybridized carbons (Fsp3) is 0.714. The van der Waals surface area contributed by atoms with Gasteiger partial charge in [0.2, 0.25) is 0 Å². The second-order valence-electron chi connectivity index (χ2n) is 5.15. The Labute approximate surface area is 114 Å². The lowest BCUT2D eigenvalue weighted by atomic mass is 9.88. The summed E-state index contributed by atoms with van der Waals surface area (Å²) in [5.41, 5.74) is 0. The molecule has 1 aromatic heterocycles. The summed E-state index contributed by atoms with van der Waals surface area (Å²) in [4.78, 5) is 1.42. The molecule has 1 aliphatic rings. The maximum Gasteiger partial charge on any atom is 0.0931 e. The Balaban J connectivity index is 2.01. The molecular formula is C14H22ClNS. The average Bonchev–Trinajstić information content (AvgIpc) is 2.87. The zero-order valence-corrected chi connectivity index (χ0v) is 12.3. The van der Waals surface area contributed by atoms with E-state index in [4.69, 9.17) is 11.6 Å². The molecule has 1 N–H and O–H groups in total. The second kappa shape index (κ2) is 6.21. The van der Waals surface area contributed by atoms with Crippen molar-refractivity contribution in [2.45, 2.75) is 45.6 Å². The third kappa shape index (κ3) is 3.46. The number of hydrogen-bond donors (Lipinski definition) is 1. The maximum atomic E-state index is 6.01. The summed E-state index contributed by atoms with van der Waals surface area (Å²) in [5, 5.41) is 3.68. The predicted molar refractivity (Wildman–Crippen MR) is 77.0 cm³/mol. The summed E-state index contributed by atoms with van der Waals surface area (Å²) in [6.07, 6.45) is 5.33. The van der Waals surface area contributed by atoms with E-state index in [9.17, 15) is 0 Å². The molecule has 0 radical (unpaired) electrons. The normalized spacial score (nSPS) is 26.3. The first-order chi connectivity index (χ1) is 8.20. The minimum absolute atomic E-state index is 0.632. The van der Waals surface area contributed by atoms with E-state index < -0.39 is 0 Å². The van der Waals surface area contributed by atoms with Crippen LogP contribution in [-0.2, 0) is 6.42 Å². The summed E-state index contributed by atoms with van der Waals surface area (Å²) in [6.45, 7) is 5.67. The highest BCUT2D eigenvalue weighted by molar-refractivity contribution is 7.16. The Bertz CT molecular complexity index is 350. The molecule has 17 heavy (non-hydrogen) atoms. The highest BCUT2D eigenvalue weighted by atomic mass is 35.5. The van der Waals surface area contributed by atoms with Crippen molar-refractivity contribution in [1.82, 2.24) is 5.32 Å². The Morgan fingerprint density at radius 1 is 1.47 bits per heavy atom. The largest absolute Gasteiger partial charge is 0.314 e. The van der Waals surface area contributed by atoms with Gasteiger partial charge >= 0.3 is 0 Å². The molecule has 0 aromatic carbocycles. The molecule has 0 spiro atoms. The van der Waals surface area contributed by atoms with Crippen LogP contribution in [0.1, 0.15) is 38.0 Å². The van der Waals surface area contributed by atoms with Crippen molar-refractivity contribution < 1.29 is 0 Å². The molecule has 1 aromatic rings. The van der Waals surface area contributed by atoms with E-state index in [0.717, 1.165) is 29.1 Å². The molecule has 0 amide bonds. The Morgan fingerprint density at radius 2 is 2.29 bits per heavy atom. The topological polar surface area (TPSA) is 12.0 Å². The zero-order chi connectivity index (χ0) is 12.3. The van der Waals surface area contributed by atoms with Crippen molar-refractivity contribution in [3.8, 4) is 0 Å². The van der Waals surface area contributed by atoms with Gasteiger partial charge in [-0.25, -0.2) is 0 Å². The van der Waals surface area contributed by atoms with E-state index in [1.165, 1.54) is 24.1 Å². The first-order valence-corrected chi connectivity index (χ1v) is 7.87. The van der Waals surface area contributed by atoms with Crippen molar-refractivity contribution in [2.24, 2.45) is 11.8 Å². The number of rotatable bonds is 5. The first-order valence-electron chi connectivity index (χ1n) is 6.68. The highest BCUT2D eigenvalue weighted by Crippen LogP contribution is 2.35. The molecule has 1 aliphatic carbocycles. The average molecular weight is 272 g/mol. The van der Waals surface area contributed by atoms with Crippen molar-refractivity contribution in [3.05, 3.63) is 21.3 Å². The van der Waals surface area contributed by atoms with E-state index in [2.05, 4.69) is 25.2 Å². The highest BCUT2D eigenvalue weighted by Gasteiger charge is 2.30. The number of nitrogens with one attached hydrogen (secondary N) is 1. The summed E-state index contributed by atoms with van der Waals surface area (Å²) >= 11 is 7.73. The Kier molecular flexibility index (Phi) is 4.89. The van der Waals surface area contributed by atoms with Crippen molar-refractivity contribution in [1.29, 1.82) is 0 Å². The summed E-state index contributed by atoms with van der Waals surface area (Å²) in [6, 6.07) is 4.83. The van der Waals surface area contributed by atoms with E-state index >= 15 is 0 Å². The van der Waals surface area contributed by atoms with Crippen molar-refractivity contribution >= 4 is 22.9 Å². The third-order valence-corrected chi connectivity index (χ3v) is 5.21. The van der Waals surface area contributed by atoms with Gasteiger partial charge in [-0.15, -0.1) is 11.3 Å². The van der Waals surface area contributed by atoms with Crippen molar-refractivity contribution in [2.75, 3.05) is 6.54 Å². The van der Waals surface area contributed by atoms with Crippen LogP contribution in [-0.4, -0.2) is 12.6 Å². The van der Waals surface area contributed by atoms with Gasteiger partial charge in [0.05, 0.1) is 4.34 Å². The van der Waals surface area contributed by atoms with Crippen LogP contribution < -0.4 is 5.32 Å². The van der Waals surface area contributed by atoms with Gasteiger partial charge in [0, 0.05) is 10.9 Å². The summed E-state index contributed by atoms with van der Waals surface area (Å²) in [7, 11) is 0. The fourth-order valence-electron chi connectivity index (χ4n) is 3.09. The molecule has 0 bridgehead atoms. The van der Waals surface area contributed by atoms with Gasteiger partial charge in [-0.2, -0.15) is 0 Å². The minimum atomic E-state index is 0.632. The minimum Gasteiger partial charge on any atom is -0.314 e. The molecule has 0 aliphatic heterocycles. The maximum absolute atomic E-state index is 6.01. The quantitative estimate of drug-likeness (QED) is 0.839. The second-order valence-corrected chi connectivity index (χ2v) is 6.95. The summed E-state index contributed by atoms with van der Waals surface area (Å²) < 4.78 is 0.912. The van der Waals surface area contributed by atoms with E-state index in [0.29, 0.717) is 6.04 Å². The van der Waals surface area contributed by atoms with Crippen LogP contribution in [0.15, 0.2) is 12.1 Å². The first kappa shape index (κ1) is 13.4. The standard InChI is InChI=1S/C14H22ClNS/c1-3-16-13(12-6-4-5-10(12)2)9-11-7-8-14(15)17-11/h7-8,10,12-13,16H,3-6,9H2,1-2H3. The van der Waals surface area contributed by atoms with Crippen LogP contribution in [0, 0.1) is 11.8 Å². The molecule has 2 rings (SSSR count). The fourth-order valence-corrected chi connectivity index (χ4v) is 4.23. The number of likely N-dealkylation sites (N-methyl/N-ethyl adjacent to an activating group) is 1. The third-order valence-electron chi connectivity index (χ3n) is 3.96. The lowest BCUT2D eigenvalue weighted by Crippen LogP contribution is -2.38. The Morgan fingerprint density at radius 3 is 2.82 bits per heavy atom. The van der Waals surface area contributed by atoms with Crippen LogP contribution in [0.5, 0.6) is 0 Å². The lowest BCUT2D eigenvalue weighted by molar-refractivity contribution is 0.300. The van der Waals surface area contributed by atoms with Gasteiger partial charge < -0.3 is 5.32 Å². The van der Waals surface area contributed by atoms with Gasteiger partial charge in [-0.1, -0.05) is 38.3 Å². The molecule has 96 valence electrons. The van der Waals surface area contributed by atoms with Crippen LogP contribution in [0.2, 0.25) is 4.34 Å². The van der Waals surface area contributed by atoms with Gasteiger partial charge in [0.25, 0.3) is 0 Å². The van der Waals surface area contributed by atoms with Gasteiger partial charge in [-0.3, -0.25) is 0 Å². The summed E-state index contributed by atoms with van der Waals surface area (Å²) in [5.74, 6) is 1.71. The van der Waals surface area contributed by atoms with E-state index in [1.54, 1.807) is 11.3 Å². The van der Waals surface area contributed by atoms with Gasteiger partial charge in [0.1, 0.15) is 0 Å². The molecule has 0 saturated heterocycles. The lowest BCUT2D eigenvalue weighted by Gasteiger charge is -2.27. The number of hydrogen-bond acceptors (Lipinski definition) is 2. The molecule has 1 nitrogen and oxygen atoms in total. The Hall–Kier alpha value is -0.0500. The van der Waals surface area contributed by atoms with Crippen LogP contribution >= 0.6 is 22.9 Å². The van der Waals surface area contributed by atoms with Gasteiger partial charge in [0.15, 0.2) is 0 Å². The van der Waals surface area contributed by atoms with Crippen molar-refractivity contribution in [3.63, 3.8) is 0 Å². The molecule has 1 heterocycles. The van der Waals surface area contributed by atoms with Gasteiger partial charge in [-0.05, 0) is 43.4 Å². The van der Waals surface area contributed by atoms with Crippen LogP contribution in [0.25, 0.3) is 0 Å².